The van der Waals surface area contributed by atoms with Gasteiger partial charge in [-0.25, -0.2) is 0 Å². The van der Waals surface area contributed by atoms with E-state index in [4.69, 9.17) is 53.1 Å². The average Bonchev–Trinajstić information content (AvgIpc) is 3.64. The van der Waals surface area contributed by atoms with Gasteiger partial charge in [-0.3, -0.25) is 0 Å². The van der Waals surface area contributed by atoms with Crippen LogP contribution in [0.2, 0.25) is 24.2 Å². The Balaban J connectivity index is 2.08. The Kier molecular flexibility index (Phi) is 54.0. The Hall–Kier alpha value is 3.19. The van der Waals surface area contributed by atoms with Crippen molar-refractivity contribution < 1.29 is 53.1 Å². The molecular weight excluding hydrogens is 1280 g/mol. The molecule has 0 heterocycles. The molecule has 0 aromatic rings. The predicted molar refractivity (Wildman–Crippen MR) is 386 cm³/mol. The van der Waals surface area contributed by atoms with Crippen LogP contribution in [0.25, 0.3) is 0 Å². The lowest BCUT2D eigenvalue weighted by Gasteiger charge is -2.34. The highest BCUT2D eigenvalue weighted by Gasteiger charge is 2.43. The Bertz CT molecular complexity index is 1320. The molecule has 6 atom stereocenters. The third kappa shape index (κ3) is 36.7. The van der Waals surface area contributed by atoms with Crippen molar-refractivity contribution in [3.8, 4) is 0 Å². The summed E-state index contributed by atoms with van der Waals surface area (Å²) in [4.78, 5) is 0. The molecule has 84 heavy (non-hydrogen) atoms. The molecule has 0 radical (unpaired) electrons. The first kappa shape index (κ1) is 83.3. The van der Waals surface area contributed by atoms with Crippen LogP contribution in [0, 0.1) is 35.5 Å². The summed E-state index contributed by atoms with van der Waals surface area (Å²) in [6.07, 6.45) is 21.2. The fraction of sp³-hybridized carbons (Fsp3) is 1.00. The molecule has 0 amide bonds. The van der Waals surface area contributed by atoms with Crippen LogP contribution in [0.15, 0.2) is 0 Å². The summed E-state index contributed by atoms with van der Waals surface area (Å²) in [5.74, 6) is 16.4. The van der Waals surface area contributed by atoms with Gasteiger partial charge in [-0.05, 0) is 206 Å². The number of thioether (sulfide) groups is 2. The highest BCUT2D eigenvalue weighted by atomic mass is 33.1. The van der Waals surface area contributed by atoms with Crippen LogP contribution in [0.3, 0.4) is 0 Å². The van der Waals surface area contributed by atoms with Crippen LogP contribution in [0.5, 0.6) is 0 Å². The zero-order valence-corrected chi connectivity index (χ0v) is 65.9. The molecule has 0 aliphatic heterocycles. The first-order chi connectivity index (χ1) is 41.0. The number of rotatable bonds is 57. The predicted octanol–water partition coefficient (Wildman–Crippen LogP) is 18.8. The van der Waals surface area contributed by atoms with Gasteiger partial charge in [0.1, 0.15) is 0 Å². The summed E-state index contributed by atoms with van der Waals surface area (Å²) in [6, 6.07) is 3.57. The lowest BCUT2D eigenvalue weighted by atomic mass is 9.76. The van der Waals surface area contributed by atoms with Crippen LogP contribution < -0.4 is 0 Å². The van der Waals surface area contributed by atoms with Gasteiger partial charge in [0.25, 0.3) is 0 Å². The van der Waals surface area contributed by atoms with E-state index in [1.165, 1.54) is 124 Å². The summed E-state index contributed by atoms with van der Waals surface area (Å²) < 4.78 is 74.5. The normalized spacial score (nSPS) is 20.7. The van der Waals surface area contributed by atoms with Crippen molar-refractivity contribution >= 4 is 124 Å². The van der Waals surface area contributed by atoms with E-state index in [0.29, 0.717) is 79.3 Å². The smallest absolute Gasteiger partial charge is 0.374 e. The molecule has 502 valence electrons. The maximum absolute atomic E-state index is 6.25. The number of hydrogen-bond donors (Lipinski definition) is 0. The van der Waals surface area contributed by atoms with Crippen molar-refractivity contribution in [3.05, 3.63) is 0 Å². The molecule has 0 bridgehead atoms. The zero-order chi connectivity index (χ0) is 61.3. The standard InChI is InChI=1S/C60H126O12S8Si4/c1-13-61-81(62-14-2,63-15-3)47-29-39-75-79-43-37-57-51-55(31-25-27-33-59(57)53-73-45-49-83(67-19-7,68-20-8)69-21-9)35-41-77-78-42-36-56-32-26-28-34-60(54-74-46-50-84(70-22-10,71-23-11)72-24-12)58(52-56)38-44-80-76-40-30-48-82(64-16-4,65-17-5)66-18-6/h55-60H,13-54H2,1-12H3. The van der Waals surface area contributed by atoms with Gasteiger partial charge in [0.2, 0.25) is 0 Å². The first-order valence-electron chi connectivity index (χ1n) is 33.6. The molecule has 0 aromatic carbocycles. The lowest BCUT2D eigenvalue weighted by molar-refractivity contribution is 0.0704. The van der Waals surface area contributed by atoms with Gasteiger partial charge in [0.15, 0.2) is 0 Å². The number of hydrogen-bond acceptors (Lipinski definition) is 20. The maximum Gasteiger partial charge on any atom is 0.501 e. The molecule has 6 unspecified atom stereocenters. The second-order valence-corrected chi connectivity index (χ2v) is 43.0. The van der Waals surface area contributed by atoms with E-state index in [2.05, 4.69) is 150 Å². The summed E-state index contributed by atoms with van der Waals surface area (Å²) in [5, 5.41) is 0. The summed E-state index contributed by atoms with van der Waals surface area (Å²) in [5.41, 5.74) is 0. The van der Waals surface area contributed by atoms with Gasteiger partial charge in [0.05, 0.1) is 0 Å². The maximum atomic E-state index is 6.25. The quantitative estimate of drug-likeness (QED) is 0.0327. The molecule has 24 heteroatoms. The molecule has 0 aromatic heterocycles. The Labute approximate surface area is 554 Å². The largest absolute Gasteiger partial charge is 0.501 e. The van der Waals surface area contributed by atoms with Crippen molar-refractivity contribution in [2.24, 2.45) is 35.5 Å². The molecule has 0 spiro atoms. The van der Waals surface area contributed by atoms with Crippen LogP contribution in [-0.2, 0) is 53.1 Å². The Morgan fingerprint density at radius 3 is 0.810 bits per heavy atom. The molecular formula is C60H126O12S8Si4. The Morgan fingerprint density at radius 1 is 0.274 bits per heavy atom. The van der Waals surface area contributed by atoms with E-state index in [-0.39, 0.29) is 0 Å². The minimum atomic E-state index is -2.65. The van der Waals surface area contributed by atoms with E-state index in [0.717, 1.165) is 95.5 Å². The third-order valence-electron chi connectivity index (χ3n) is 15.7. The van der Waals surface area contributed by atoms with E-state index in [9.17, 15) is 0 Å². The van der Waals surface area contributed by atoms with Gasteiger partial charge in [-0.1, -0.05) is 103 Å². The average molecular weight is 1410 g/mol. The molecule has 0 saturated heterocycles. The van der Waals surface area contributed by atoms with Gasteiger partial charge in [-0.2, -0.15) is 23.5 Å². The minimum absolute atomic E-state index is 0.640. The monoisotopic (exact) mass is 1410 g/mol. The summed E-state index contributed by atoms with van der Waals surface area (Å²) in [6.45, 7) is 32.4. The molecule has 2 aliphatic carbocycles. The summed E-state index contributed by atoms with van der Waals surface area (Å²) >= 11 is 4.26. The van der Waals surface area contributed by atoms with Crippen molar-refractivity contribution in [1.82, 2.24) is 0 Å². The molecule has 2 saturated carbocycles. The van der Waals surface area contributed by atoms with Gasteiger partial charge < -0.3 is 53.1 Å². The van der Waals surface area contributed by atoms with E-state index in [1.54, 1.807) is 0 Å². The van der Waals surface area contributed by atoms with Gasteiger partial charge >= 0.3 is 35.2 Å². The highest BCUT2D eigenvalue weighted by Crippen LogP contribution is 2.42. The van der Waals surface area contributed by atoms with Crippen LogP contribution in [-0.4, -0.2) is 172 Å². The summed E-state index contributed by atoms with van der Waals surface area (Å²) in [7, 11) is 2.14. The van der Waals surface area contributed by atoms with Crippen LogP contribution >= 0.6 is 88.3 Å². The molecule has 0 N–H and O–H groups in total. The second kappa shape index (κ2) is 54.4. The van der Waals surface area contributed by atoms with Crippen molar-refractivity contribution in [2.75, 3.05) is 137 Å². The van der Waals surface area contributed by atoms with Crippen molar-refractivity contribution in [2.45, 2.75) is 210 Å². The van der Waals surface area contributed by atoms with E-state index in [1.807, 2.05) is 21.6 Å². The fourth-order valence-corrected chi connectivity index (χ4v) is 33.6. The minimum Gasteiger partial charge on any atom is -0.374 e. The molecule has 2 fully saturated rings. The highest BCUT2D eigenvalue weighted by molar-refractivity contribution is 8.77. The molecule has 2 rings (SSSR count). The van der Waals surface area contributed by atoms with Crippen molar-refractivity contribution in [3.63, 3.8) is 0 Å². The van der Waals surface area contributed by atoms with Gasteiger partial charge in [0, 0.05) is 138 Å². The van der Waals surface area contributed by atoms with Crippen molar-refractivity contribution in [1.29, 1.82) is 0 Å². The molecule has 12 nitrogen and oxygen atoms in total. The van der Waals surface area contributed by atoms with E-state index < -0.39 is 35.2 Å². The zero-order valence-electron chi connectivity index (χ0n) is 55.3. The van der Waals surface area contributed by atoms with Crippen LogP contribution in [0.4, 0.5) is 0 Å². The Morgan fingerprint density at radius 2 is 0.524 bits per heavy atom. The van der Waals surface area contributed by atoms with E-state index >= 15 is 0 Å². The topological polar surface area (TPSA) is 111 Å². The molecule has 2 aliphatic rings. The lowest BCUT2D eigenvalue weighted by Crippen LogP contribution is -2.46. The third-order valence-corrected chi connectivity index (χ3v) is 38.6. The van der Waals surface area contributed by atoms with Crippen LogP contribution in [0.1, 0.15) is 186 Å². The SMILES string of the molecule is CCO[Si](CCCSSCCC1CC(CCSSCCC2CCCCC(CSCC[Si](OCC)(OCC)OCC)C(CCSSCCC[Si](OCC)(OCC)OCC)C2)CCCCC1CSCC[Si](OCC)(OCC)OCC)(OCC)OCC. The van der Waals surface area contributed by atoms with Gasteiger partial charge in [-0.15, -0.1) is 0 Å². The fourth-order valence-electron chi connectivity index (χ4n) is 12.0. The first-order valence-corrected chi connectivity index (χ1v) is 51.1. The second-order valence-electron chi connectivity index (χ2n) is 21.7.